The van der Waals surface area contributed by atoms with E-state index in [2.05, 4.69) is 0 Å². The molecule has 0 aliphatic heterocycles. The molecule has 8 heteroatoms. The van der Waals surface area contributed by atoms with E-state index in [0.717, 1.165) is 12.1 Å². The maximum Gasteiger partial charge on any atom is 0.337 e. The Morgan fingerprint density at radius 1 is 1.38 bits per heavy atom. The minimum absolute atomic E-state index is 0.117. The van der Waals surface area contributed by atoms with Crippen LogP contribution < -0.4 is 0 Å². The van der Waals surface area contributed by atoms with E-state index in [4.69, 9.17) is 28.3 Å². The summed E-state index contributed by atoms with van der Waals surface area (Å²) in [4.78, 5) is 20.2. The number of aliphatic carboxylic acids is 1. The first-order chi connectivity index (χ1) is 7.34. The summed E-state index contributed by atoms with van der Waals surface area (Å²) in [5.41, 5.74) is -0.641. The second kappa shape index (κ2) is 4.65. The molecule has 0 radical (unpaired) electrons. The lowest BCUT2D eigenvalue weighted by Crippen LogP contribution is -2.10. The number of carboxylic acids is 1. The highest BCUT2D eigenvalue weighted by atomic mass is 35.5. The van der Waals surface area contributed by atoms with Gasteiger partial charge in [-0.25, -0.2) is 4.79 Å². The van der Waals surface area contributed by atoms with Gasteiger partial charge < -0.3 is 10.2 Å². The number of nitrogens with zero attached hydrogens (tertiary/aromatic N) is 1. The van der Waals surface area contributed by atoms with E-state index in [-0.39, 0.29) is 15.6 Å². The summed E-state index contributed by atoms with van der Waals surface area (Å²) in [5, 5.41) is 27.6. The Labute approximate surface area is 99.2 Å². The fraction of sp³-hybridized carbons (Fsp3) is 0.125. The van der Waals surface area contributed by atoms with Gasteiger partial charge in [-0.2, -0.15) is 0 Å². The molecule has 1 aromatic carbocycles. The summed E-state index contributed by atoms with van der Waals surface area (Å²) in [7, 11) is 0. The minimum Gasteiger partial charge on any atom is -0.479 e. The lowest BCUT2D eigenvalue weighted by molar-refractivity contribution is -0.384. The van der Waals surface area contributed by atoms with Crippen LogP contribution in [0.4, 0.5) is 5.69 Å². The largest absolute Gasteiger partial charge is 0.479 e. The second-order valence-corrected chi connectivity index (χ2v) is 3.65. The molecule has 2 N–H and O–H groups in total. The van der Waals surface area contributed by atoms with Crippen LogP contribution in [-0.4, -0.2) is 21.1 Å². The zero-order valence-electron chi connectivity index (χ0n) is 7.55. The molecule has 0 heterocycles. The number of rotatable bonds is 3. The second-order valence-electron chi connectivity index (χ2n) is 2.83. The zero-order valence-corrected chi connectivity index (χ0v) is 9.07. The van der Waals surface area contributed by atoms with Crippen molar-refractivity contribution in [1.82, 2.24) is 0 Å². The van der Waals surface area contributed by atoms with Crippen molar-refractivity contribution >= 4 is 34.9 Å². The Bertz CT molecular complexity index is 439. The number of halogens is 2. The van der Waals surface area contributed by atoms with Crippen molar-refractivity contribution in [2.75, 3.05) is 0 Å². The fourth-order valence-corrected chi connectivity index (χ4v) is 1.70. The molecule has 1 aromatic rings. The predicted molar refractivity (Wildman–Crippen MR) is 55.7 cm³/mol. The predicted octanol–water partition coefficient (Wildman–Crippen LogP) is 2.02. The zero-order chi connectivity index (χ0) is 12.5. The number of hydrogen-bond acceptors (Lipinski definition) is 4. The lowest BCUT2D eigenvalue weighted by Gasteiger charge is -2.07. The number of aliphatic hydroxyl groups excluding tert-OH is 1. The smallest absolute Gasteiger partial charge is 0.337 e. The highest BCUT2D eigenvalue weighted by molar-refractivity contribution is 6.38. The van der Waals surface area contributed by atoms with E-state index >= 15 is 0 Å². The maximum absolute atomic E-state index is 10.5. The third kappa shape index (κ3) is 2.41. The van der Waals surface area contributed by atoms with E-state index in [1.165, 1.54) is 0 Å². The third-order valence-electron chi connectivity index (χ3n) is 1.77. The lowest BCUT2D eigenvalue weighted by atomic mass is 10.1. The number of nitro benzene ring substituents is 1. The van der Waals surface area contributed by atoms with Gasteiger partial charge in [0.15, 0.2) is 6.10 Å². The van der Waals surface area contributed by atoms with Gasteiger partial charge in [-0.05, 0) is 17.7 Å². The van der Waals surface area contributed by atoms with Crippen molar-refractivity contribution in [1.29, 1.82) is 0 Å². The van der Waals surface area contributed by atoms with E-state index < -0.39 is 22.7 Å². The van der Waals surface area contributed by atoms with E-state index in [1.807, 2.05) is 0 Å². The van der Waals surface area contributed by atoms with Gasteiger partial charge in [-0.3, -0.25) is 10.1 Å². The molecule has 0 amide bonds. The Hall–Kier alpha value is -1.37. The minimum atomic E-state index is -1.82. The van der Waals surface area contributed by atoms with Crippen molar-refractivity contribution < 1.29 is 19.9 Å². The number of nitro groups is 1. The molecule has 0 saturated carbocycles. The van der Waals surface area contributed by atoms with Crippen LogP contribution in [0.15, 0.2) is 12.1 Å². The summed E-state index contributed by atoms with van der Waals surface area (Å²) >= 11 is 11.1. The first-order valence-corrected chi connectivity index (χ1v) is 4.64. The Morgan fingerprint density at radius 3 is 2.12 bits per heavy atom. The average molecular weight is 266 g/mol. The topological polar surface area (TPSA) is 101 Å². The number of hydrogen-bond donors (Lipinski definition) is 2. The summed E-state index contributed by atoms with van der Waals surface area (Å²) in [6, 6.07) is 1.98. The van der Waals surface area contributed by atoms with E-state index in [9.17, 15) is 20.0 Å². The van der Waals surface area contributed by atoms with E-state index in [0.29, 0.717) is 0 Å². The van der Waals surface area contributed by atoms with Crippen LogP contribution in [0.5, 0.6) is 0 Å². The number of aliphatic hydroxyl groups is 1. The average Bonchev–Trinajstić information content (AvgIpc) is 2.14. The van der Waals surface area contributed by atoms with Crippen molar-refractivity contribution in [3.8, 4) is 0 Å². The molecule has 1 atom stereocenters. The Kier molecular flexibility index (Phi) is 3.69. The van der Waals surface area contributed by atoms with Crippen molar-refractivity contribution in [3.63, 3.8) is 0 Å². The first kappa shape index (κ1) is 12.7. The van der Waals surface area contributed by atoms with Crippen molar-refractivity contribution in [2.45, 2.75) is 6.10 Å². The molecule has 0 spiro atoms. The SMILES string of the molecule is O=C(O)C(O)c1cc(Cl)c([N+](=O)[O-])c(Cl)c1. The van der Waals surface area contributed by atoms with Crippen molar-refractivity contribution in [3.05, 3.63) is 37.9 Å². The van der Waals surface area contributed by atoms with Gasteiger partial charge in [0, 0.05) is 0 Å². The van der Waals surface area contributed by atoms with Crippen LogP contribution in [0, 0.1) is 10.1 Å². The van der Waals surface area contributed by atoms with Crippen LogP contribution >= 0.6 is 23.2 Å². The molecule has 0 aromatic heterocycles. The fourth-order valence-electron chi connectivity index (χ4n) is 1.06. The molecule has 6 nitrogen and oxygen atoms in total. The van der Waals surface area contributed by atoms with Crippen LogP contribution in [0.2, 0.25) is 10.0 Å². The van der Waals surface area contributed by atoms with Gasteiger partial charge in [0.2, 0.25) is 0 Å². The normalized spacial score (nSPS) is 12.2. The van der Waals surface area contributed by atoms with Gasteiger partial charge in [-0.1, -0.05) is 23.2 Å². The van der Waals surface area contributed by atoms with Crippen LogP contribution in [0.25, 0.3) is 0 Å². The monoisotopic (exact) mass is 265 g/mol. The quantitative estimate of drug-likeness (QED) is 0.643. The molecular weight excluding hydrogens is 261 g/mol. The molecule has 0 bridgehead atoms. The van der Waals surface area contributed by atoms with Crippen LogP contribution in [0.3, 0.4) is 0 Å². The first-order valence-electron chi connectivity index (χ1n) is 3.88. The van der Waals surface area contributed by atoms with Gasteiger partial charge in [0.25, 0.3) is 0 Å². The Balaban J connectivity index is 3.30. The summed E-state index contributed by atoms with van der Waals surface area (Å²) in [6.07, 6.45) is -1.82. The summed E-state index contributed by atoms with van der Waals surface area (Å²) in [6.45, 7) is 0. The molecule has 0 saturated heterocycles. The molecule has 0 aliphatic rings. The number of carboxylic acid groups (broad SMARTS) is 1. The van der Waals surface area contributed by atoms with Gasteiger partial charge in [0.1, 0.15) is 10.0 Å². The Morgan fingerprint density at radius 2 is 1.81 bits per heavy atom. The van der Waals surface area contributed by atoms with Crippen molar-refractivity contribution in [2.24, 2.45) is 0 Å². The molecule has 1 rings (SSSR count). The standard InChI is InChI=1S/C8H5Cl2NO5/c9-4-1-3(7(12)8(13)14)2-5(10)6(4)11(15)16/h1-2,7,12H,(H,13,14). The number of benzene rings is 1. The van der Waals surface area contributed by atoms with Gasteiger partial charge >= 0.3 is 11.7 Å². The molecule has 0 fully saturated rings. The van der Waals surface area contributed by atoms with E-state index in [1.54, 1.807) is 0 Å². The molecule has 86 valence electrons. The highest BCUT2D eigenvalue weighted by Gasteiger charge is 2.23. The maximum atomic E-state index is 10.5. The summed E-state index contributed by atoms with van der Waals surface area (Å²) in [5.74, 6) is -1.50. The van der Waals surface area contributed by atoms with Gasteiger partial charge in [-0.15, -0.1) is 0 Å². The third-order valence-corrected chi connectivity index (χ3v) is 2.35. The van der Waals surface area contributed by atoms with Gasteiger partial charge in [0.05, 0.1) is 4.92 Å². The molecule has 16 heavy (non-hydrogen) atoms. The van der Waals surface area contributed by atoms with Crippen LogP contribution in [0.1, 0.15) is 11.7 Å². The molecule has 1 unspecified atom stereocenters. The highest BCUT2D eigenvalue weighted by Crippen LogP contribution is 2.35. The number of carbonyl (C=O) groups is 1. The molecular formula is C8H5Cl2NO5. The summed E-state index contributed by atoms with van der Waals surface area (Å²) < 4.78 is 0. The molecule has 0 aliphatic carbocycles. The van der Waals surface area contributed by atoms with Crippen LogP contribution in [-0.2, 0) is 4.79 Å².